The van der Waals surface area contributed by atoms with Gasteiger partial charge in [0.05, 0.1) is 19.8 Å². The number of pyridine rings is 1. The highest BCUT2D eigenvalue weighted by Gasteiger charge is 2.18. The van der Waals surface area contributed by atoms with Crippen LogP contribution < -0.4 is 14.8 Å². The van der Waals surface area contributed by atoms with Gasteiger partial charge in [-0.25, -0.2) is 13.8 Å². The van der Waals surface area contributed by atoms with Crippen molar-refractivity contribution in [3.05, 3.63) is 46.1 Å². The first kappa shape index (κ1) is 17.8. The number of halogens is 3. The zero-order valence-corrected chi connectivity index (χ0v) is 13.7. The van der Waals surface area contributed by atoms with Crippen LogP contribution in [0.25, 0.3) is 0 Å². The van der Waals surface area contributed by atoms with Gasteiger partial charge in [-0.2, -0.15) is 5.26 Å². The average Bonchev–Trinajstić information content (AvgIpc) is 2.59. The summed E-state index contributed by atoms with van der Waals surface area (Å²) in [5.41, 5.74) is 0.000111. The molecule has 2 aromatic rings. The second-order valence-corrected chi connectivity index (χ2v) is 5.06. The molecular formula is C16H14ClF2N3O2. The molecule has 0 saturated carbocycles. The van der Waals surface area contributed by atoms with Gasteiger partial charge in [0.2, 0.25) is 0 Å². The number of aromatic nitrogens is 1. The molecule has 0 bridgehead atoms. The molecule has 0 unspecified atom stereocenters. The van der Waals surface area contributed by atoms with E-state index in [1.165, 1.54) is 7.11 Å². The van der Waals surface area contributed by atoms with Crippen molar-refractivity contribution in [1.29, 1.82) is 5.26 Å². The van der Waals surface area contributed by atoms with Gasteiger partial charge in [0.15, 0.2) is 0 Å². The van der Waals surface area contributed by atoms with Crippen molar-refractivity contribution in [2.24, 2.45) is 0 Å². The predicted octanol–water partition coefficient (Wildman–Crippen LogP) is 4.17. The third-order valence-corrected chi connectivity index (χ3v) is 3.58. The number of alkyl halides is 2. The largest absolute Gasteiger partial charge is 0.497 e. The number of hydrogen-bond donors (Lipinski definition) is 1. The van der Waals surface area contributed by atoms with Gasteiger partial charge in [0.1, 0.15) is 28.5 Å². The van der Waals surface area contributed by atoms with Crippen molar-refractivity contribution < 1.29 is 18.3 Å². The highest BCUT2D eigenvalue weighted by molar-refractivity contribution is 6.30. The molecule has 0 fully saturated rings. The summed E-state index contributed by atoms with van der Waals surface area (Å²) in [7, 11) is 3.06. The van der Waals surface area contributed by atoms with Crippen LogP contribution in [0.15, 0.2) is 24.3 Å². The monoisotopic (exact) mass is 353 g/mol. The first-order valence-electron chi connectivity index (χ1n) is 6.83. The lowest BCUT2D eigenvalue weighted by atomic mass is 10.1. The Morgan fingerprint density at radius 1 is 1.29 bits per heavy atom. The Hall–Kier alpha value is -2.59. The lowest BCUT2D eigenvalue weighted by molar-refractivity contribution is 0.151. The summed E-state index contributed by atoms with van der Waals surface area (Å²) in [5, 5.41) is 11.5. The van der Waals surface area contributed by atoms with Gasteiger partial charge < -0.3 is 14.8 Å². The number of rotatable bonds is 6. The maximum Gasteiger partial charge on any atom is 0.265 e. The second kappa shape index (κ2) is 7.79. The lowest BCUT2D eigenvalue weighted by Gasteiger charge is -2.13. The Labute approximate surface area is 142 Å². The molecule has 0 aliphatic rings. The number of nitrogens with one attached hydrogen (secondary N) is 1. The highest BCUT2D eigenvalue weighted by Crippen LogP contribution is 2.30. The van der Waals surface area contributed by atoms with Crippen LogP contribution in [0.2, 0.25) is 5.15 Å². The SMILES string of the molecule is COc1ccc(CNc2cc(C(F)F)c(C#N)c(Cl)n2)c(OC)c1. The first-order valence-corrected chi connectivity index (χ1v) is 7.21. The molecule has 2 rings (SSSR count). The molecule has 1 aromatic carbocycles. The highest BCUT2D eigenvalue weighted by atomic mass is 35.5. The molecule has 5 nitrogen and oxygen atoms in total. The Kier molecular flexibility index (Phi) is 5.77. The van der Waals surface area contributed by atoms with Crippen molar-refractivity contribution in [3.8, 4) is 17.6 Å². The molecule has 0 saturated heterocycles. The molecule has 1 N–H and O–H groups in total. The van der Waals surface area contributed by atoms with E-state index in [0.29, 0.717) is 11.5 Å². The predicted molar refractivity (Wildman–Crippen MR) is 85.8 cm³/mol. The van der Waals surface area contributed by atoms with E-state index < -0.39 is 12.0 Å². The van der Waals surface area contributed by atoms with Crippen molar-refractivity contribution >= 4 is 17.4 Å². The molecule has 0 atom stereocenters. The van der Waals surface area contributed by atoms with E-state index in [0.717, 1.165) is 11.6 Å². The molecular weight excluding hydrogens is 340 g/mol. The zero-order valence-electron chi connectivity index (χ0n) is 12.9. The van der Waals surface area contributed by atoms with Gasteiger partial charge in [0, 0.05) is 23.7 Å². The Morgan fingerprint density at radius 3 is 2.62 bits per heavy atom. The van der Waals surface area contributed by atoms with Crippen LogP contribution in [-0.2, 0) is 6.54 Å². The fourth-order valence-corrected chi connectivity index (χ4v) is 2.33. The third-order valence-electron chi connectivity index (χ3n) is 3.31. The van der Waals surface area contributed by atoms with Crippen LogP contribution in [0.4, 0.5) is 14.6 Å². The number of ether oxygens (including phenoxy) is 2. The Balaban J connectivity index is 2.25. The van der Waals surface area contributed by atoms with Crippen molar-refractivity contribution in [2.75, 3.05) is 19.5 Å². The van der Waals surface area contributed by atoms with E-state index in [1.54, 1.807) is 31.4 Å². The van der Waals surface area contributed by atoms with Crippen LogP contribution in [-0.4, -0.2) is 19.2 Å². The minimum Gasteiger partial charge on any atom is -0.497 e. The summed E-state index contributed by atoms with van der Waals surface area (Å²) < 4.78 is 36.5. The van der Waals surface area contributed by atoms with Gasteiger partial charge >= 0.3 is 0 Å². The fourth-order valence-electron chi connectivity index (χ4n) is 2.09. The third kappa shape index (κ3) is 3.84. The number of hydrogen-bond acceptors (Lipinski definition) is 5. The Bertz CT molecular complexity index is 779. The smallest absolute Gasteiger partial charge is 0.265 e. The molecule has 1 heterocycles. The molecule has 24 heavy (non-hydrogen) atoms. The molecule has 0 radical (unpaired) electrons. The maximum atomic E-state index is 13.0. The first-order chi connectivity index (χ1) is 11.5. The molecule has 8 heteroatoms. The minimum absolute atomic E-state index is 0.146. The Morgan fingerprint density at radius 2 is 2.04 bits per heavy atom. The summed E-state index contributed by atoms with van der Waals surface area (Å²) >= 11 is 5.81. The number of nitriles is 1. The average molecular weight is 354 g/mol. The molecule has 0 aliphatic heterocycles. The molecule has 0 spiro atoms. The fraction of sp³-hybridized carbons (Fsp3) is 0.250. The van der Waals surface area contributed by atoms with Crippen molar-refractivity contribution in [3.63, 3.8) is 0 Å². The standard InChI is InChI=1S/C16H14ClF2N3O2/c1-23-10-4-3-9(13(5-10)24-2)8-21-14-6-11(16(18)19)12(7-20)15(17)22-14/h3-6,16H,8H2,1-2H3,(H,21,22). The zero-order chi connectivity index (χ0) is 17.7. The second-order valence-electron chi connectivity index (χ2n) is 4.71. The summed E-state index contributed by atoms with van der Waals surface area (Å²) in [6, 6.07) is 8.00. The van der Waals surface area contributed by atoms with Crippen LogP contribution >= 0.6 is 11.6 Å². The van der Waals surface area contributed by atoms with Gasteiger partial charge in [-0.3, -0.25) is 0 Å². The summed E-state index contributed by atoms with van der Waals surface area (Å²) in [6.45, 7) is 0.269. The maximum absolute atomic E-state index is 13.0. The normalized spacial score (nSPS) is 10.4. The topological polar surface area (TPSA) is 67.2 Å². The summed E-state index contributed by atoms with van der Waals surface area (Å²) in [4.78, 5) is 3.92. The van der Waals surface area contributed by atoms with Crippen LogP contribution in [0.3, 0.4) is 0 Å². The van der Waals surface area contributed by atoms with Gasteiger partial charge in [0.25, 0.3) is 6.43 Å². The van der Waals surface area contributed by atoms with Gasteiger partial charge in [-0.05, 0) is 18.2 Å². The van der Waals surface area contributed by atoms with Crippen LogP contribution in [0.5, 0.6) is 11.5 Å². The summed E-state index contributed by atoms with van der Waals surface area (Å²) in [5.74, 6) is 1.36. The number of anilines is 1. The lowest BCUT2D eigenvalue weighted by Crippen LogP contribution is -2.05. The van der Waals surface area contributed by atoms with E-state index in [-0.39, 0.29) is 23.1 Å². The molecule has 1 aromatic heterocycles. The van der Waals surface area contributed by atoms with Gasteiger partial charge in [-0.1, -0.05) is 11.6 Å². The summed E-state index contributed by atoms with van der Waals surface area (Å²) in [6.07, 6.45) is -2.82. The number of methoxy groups -OCH3 is 2. The van der Waals surface area contributed by atoms with Crippen molar-refractivity contribution in [1.82, 2.24) is 4.98 Å². The quantitative estimate of drug-likeness (QED) is 0.789. The van der Waals surface area contributed by atoms with E-state index in [1.807, 2.05) is 0 Å². The number of benzene rings is 1. The molecule has 0 amide bonds. The van der Waals surface area contributed by atoms with Crippen molar-refractivity contribution in [2.45, 2.75) is 13.0 Å². The molecule has 0 aliphatic carbocycles. The molecule has 126 valence electrons. The van der Waals surface area contributed by atoms with Crippen LogP contribution in [0, 0.1) is 11.3 Å². The van der Waals surface area contributed by atoms with E-state index in [2.05, 4.69) is 10.3 Å². The minimum atomic E-state index is -2.82. The van der Waals surface area contributed by atoms with E-state index in [9.17, 15) is 8.78 Å². The van der Waals surface area contributed by atoms with E-state index >= 15 is 0 Å². The van der Waals surface area contributed by atoms with Crippen LogP contribution in [0.1, 0.15) is 23.1 Å². The number of nitrogens with zero attached hydrogens (tertiary/aromatic N) is 2. The van der Waals surface area contributed by atoms with E-state index in [4.69, 9.17) is 26.3 Å². The van der Waals surface area contributed by atoms with Gasteiger partial charge in [-0.15, -0.1) is 0 Å².